The minimum atomic E-state index is -1.97. The lowest BCUT2D eigenvalue weighted by Crippen LogP contribution is -2.47. The number of aromatic nitrogens is 2. The number of carbonyl (C=O) groups is 1. The summed E-state index contributed by atoms with van der Waals surface area (Å²) in [5.41, 5.74) is 2.27. The van der Waals surface area contributed by atoms with E-state index in [9.17, 15) is 4.79 Å². The number of hydrogen-bond donors (Lipinski definition) is 0. The molecule has 1 unspecified atom stereocenters. The van der Waals surface area contributed by atoms with Crippen molar-refractivity contribution in [3.8, 4) is 11.3 Å². The first kappa shape index (κ1) is 26.5. The molecule has 182 valence electrons. The predicted molar refractivity (Wildman–Crippen MR) is 144 cm³/mol. The summed E-state index contributed by atoms with van der Waals surface area (Å²) < 4.78 is 15.3. The van der Waals surface area contributed by atoms with Gasteiger partial charge in [0.2, 0.25) is 0 Å². The van der Waals surface area contributed by atoms with Gasteiger partial charge in [-0.15, -0.1) is 0 Å². The van der Waals surface area contributed by atoms with E-state index in [1.807, 2.05) is 49.7 Å². The Kier molecular flexibility index (Phi) is 7.63. The fraction of sp³-hybridized carbons (Fsp3) is 0.583. The van der Waals surface area contributed by atoms with Crippen molar-refractivity contribution in [2.24, 2.45) is 0 Å². The summed E-state index contributed by atoms with van der Waals surface area (Å²) in [6.45, 7) is 18.3. The normalized spacial score (nSPS) is 17.2. The second-order valence-corrected chi connectivity index (χ2v) is 17.5. The van der Waals surface area contributed by atoms with Gasteiger partial charge >= 0.3 is 6.09 Å². The molecule has 1 aromatic carbocycles. The Morgan fingerprint density at radius 1 is 1.24 bits per heavy atom. The Balaban J connectivity index is 1.98. The molecule has 0 saturated carbocycles. The Labute approximate surface area is 217 Å². The fourth-order valence-corrected chi connectivity index (χ4v) is 5.47. The van der Waals surface area contributed by atoms with Crippen molar-refractivity contribution >= 4 is 48.6 Å². The third kappa shape index (κ3) is 6.13. The van der Waals surface area contributed by atoms with Crippen molar-refractivity contribution in [3.63, 3.8) is 0 Å². The molecule has 0 N–H and O–H groups in total. The van der Waals surface area contributed by atoms with Gasteiger partial charge in [-0.05, 0) is 73.6 Å². The van der Waals surface area contributed by atoms with Crippen molar-refractivity contribution in [1.82, 2.24) is 14.7 Å². The van der Waals surface area contributed by atoms with Gasteiger partial charge in [-0.25, -0.2) is 4.79 Å². The zero-order valence-corrected chi connectivity index (χ0v) is 24.7. The second kappa shape index (κ2) is 9.51. The van der Waals surface area contributed by atoms with E-state index in [-0.39, 0.29) is 17.2 Å². The van der Waals surface area contributed by atoms with Crippen LogP contribution in [0.15, 0.2) is 24.3 Å². The van der Waals surface area contributed by atoms with Crippen molar-refractivity contribution in [2.45, 2.75) is 77.9 Å². The number of hydrogen-bond acceptors (Lipinski definition) is 4. The van der Waals surface area contributed by atoms with E-state index in [1.165, 1.54) is 0 Å². The van der Waals surface area contributed by atoms with Crippen LogP contribution in [0.3, 0.4) is 0 Å². The molecule has 3 rings (SSSR count). The summed E-state index contributed by atoms with van der Waals surface area (Å²) in [6, 6.07) is 7.61. The Morgan fingerprint density at radius 2 is 1.91 bits per heavy atom. The van der Waals surface area contributed by atoms with E-state index in [4.69, 9.17) is 25.9 Å². The van der Waals surface area contributed by atoms with Crippen LogP contribution in [0.1, 0.15) is 53.3 Å². The van der Waals surface area contributed by atoms with Crippen LogP contribution < -0.4 is 0 Å². The van der Waals surface area contributed by atoms with Gasteiger partial charge < -0.3 is 14.1 Å². The number of benzene rings is 1. The molecule has 0 saturated heterocycles. The monoisotopic (exact) mass is 603 g/mol. The molecule has 2 heterocycles. The molecule has 1 aliphatic heterocycles. The van der Waals surface area contributed by atoms with E-state index >= 15 is 0 Å². The largest absolute Gasteiger partial charge is 0.444 e. The number of fused-ring (bicyclic) bond motifs is 1. The topological polar surface area (TPSA) is 56.6 Å². The Hall–Kier alpha value is -1.10. The van der Waals surface area contributed by atoms with E-state index in [1.54, 1.807) is 4.90 Å². The Bertz CT molecular complexity index is 1030. The van der Waals surface area contributed by atoms with Gasteiger partial charge in [0, 0.05) is 17.1 Å². The maximum absolute atomic E-state index is 13.0. The van der Waals surface area contributed by atoms with Crippen LogP contribution in [-0.2, 0) is 15.7 Å². The lowest BCUT2D eigenvalue weighted by atomic mass is 10.1. The van der Waals surface area contributed by atoms with E-state index < -0.39 is 13.9 Å². The number of nitrogens with zero attached hydrogens (tertiary/aromatic N) is 3. The van der Waals surface area contributed by atoms with E-state index in [2.05, 4.69) is 56.5 Å². The summed E-state index contributed by atoms with van der Waals surface area (Å²) in [4.78, 5) is 14.8. The summed E-state index contributed by atoms with van der Waals surface area (Å²) in [6.07, 6.45) is -0.313. The molecular weight excluding hydrogens is 569 g/mol. The van der Waals surface area contributed by atoms with Gasteiger partial charge in [0.15, 0.2) is 8.32 Å². The van der Waals surface area contributed by atoms with Crippen LogP contribution in [0.2, 0.25) is 23.2 Å². The molecule has 1 atom stereocenters. The molecule has 0 aliphatic carbocycles. The zero-order valence-electron chi connectivity index (χ0n) is 20.8. The number of halogens is 2. The van der Waals surface area contributed by atoms with Gasteiger partial charge in [-0.1, -0.05) is 44.5 Å². The molecule has 0 bridgehead atoms. The highest BCUT2D eigenvalue weighted by atomic mass is 127. The van der Waals surface area contributed by atoms with Crippen LogP contribution in [0.25, 0.3) is 11.3 Å². The Morgan fingerprint density at radius 3 is 2.48 bits per heavy atom. The molecule has 0 radical (unpaired) electrons. The second-order valence-electron chi connectivity index (χ2n) is 11.2. The number of ether oxygens (including phenoxy) is 1. The van der Waals surface area contributed by atoms with Gasteiger partial charge in [-0.2, -0.15) is 5.10 Å². The lowest BCUT2D eigenvalue weighted by molar-refractivity contribution is 0.0131. The van der Waals surface area contributed by atoms with E-state index in [0.717, 1.165) is 20.5 Å². The molecule has 2 aromatic rings. The molecule has 0 spiro atoms. The predicted octanol–water partition coefficient (Wildman–Crippen LogP) is 7.12. The molecule has 33 heavy (non-hydrogen) atoms. The minimum absolute atomic E-state index is 0.0971. The molecule has 1 aromatic heterocycles. The van der Waals surface area contributed by atoms with Gasteiger partial charge in [0.1, 0.15) is 11.3 Å². The van der Waals surface area contributed by atoms with Gasteiger partial charge in [0.05, 0.1) is 28.5 Å². The van der Waals surface area contributed by atoms with Crippen molar-refractivity contribution in [3.05, 3.63) is 38.6 Å². The average molecular weight is 604 g/mol. The lowest BCUT2D eigenvalue weighted by Gasteiger charge is -2.39. The van der Waals surface area contributed by atoms with Crippen molar-refractivity contribution in [1.29, 1.82) is 0 Å². The summed E-state index contributed by atoms with van der Waals surface area (Å²) in [5, 5.41) is 5.75. The van der Waals surface area contributed by atoms with Crippen LogP contribution in [0.4, 0.5) is 4.79 Å². The van der Waals surface area contributed by atoms with Crippen LogP contribution in [0.5, 0.6) is 0 Å². The number of rotatable bonds is 4. The van der Waals surface area contributed by atoms with Crippen LogP contribution >= 0.6 is 34.2 Å². The van der Waals surface area contributed by atoms with Crippen molar-refractivity contribution in [2.75, 3.05) is 13.2 Å². The summed E-state index contributed by atoms with van der Waals surface area (Å²) in [5.74, 6) is 0. The third-order valence-corrected chi connectivity index (χ3v) is 12.1. The highest BCUT2D eigenvalue weighted by molar-refractivity contribution is 14.1. The molecular formula is C24H35ClIN3O3Si. The molecule has 9 heteroatoms. The maximum atomic E-state index is 13.0. The van der Waals surface area contributed by atoms with Crippen molar-refractivity contribution < 1.29 is 14.0 Å². The average Bonchev–Trinajstić information content (AvgIpc) is 3.01. The van der Waals surface area contributed by atoms with Crippen LogP contribution in [-0.4, -0.2) is 47.8 Å². The molecule has 0 fully saturated rings. The highest BCUT2D eigenvalue weighted by Crippen LogP contribution is 2.38. The van der Waals surface area contributed by atoms with E-state index in [0.29, 0.717) is 24.7 Å². The quantitative estimate of drug-likeness (QED) is 0.276. The fourth-order valence-electron chi connectivity index (χ4n) is 3.40. The third-order valence-electron chi connectivity index (χ3n) is 6.26. The smallest absolute Gasteiger partial charge is 0.410 e. The number of carbonyl (C=O) groups excluding carboxylic acids is 1. The molecule has 1 aliphatic rings. The SMILES string of the molecule is CC(C)(C)OC(=O)N1Cc2c(I)c(-c3cccc(Cl)c3)nn2C(CO[Si](C)(C)C(C)(C)C)C1. The maximum Gasteiger partial charge on any atom is 0.410 e. The minimum Gasteiger partial charge on any atom is -0.444 e. The standard InChI is InChI=1S/C24H35ClIN3O3Si/c1-23(2,3)32-22(30)28-13-18(15-31-33(7,8)24(4,5)6)29-19(14-28)20(26)21(27-29)16-10-9-11-17(25)12-16/h9-12,18H,13-15H2,1-8H3. The molecule has 6 nitrogen and oxygen atoms in total. The summed E-state index contributed by atoms with van der Waals surface area (Å²) in [7, 11) is -1.97. The first-order valence-electron chi connectivity index (χ1n) is 11.2. The van der Waals surface area contributed by atoms with Gasteiger partial charge in [0.25, 0.3) is 0 Å². The zero-order chi connectivity index (χ0) is 24.8. The van der Waals surface area contributed by atoms with Gasteiger partial charge in [-0.3, -0.25) is 4.68 Å². The number of amides is 1. The molecule has 1 amide bonds. The first-order valence-corrected chi connectivity index (χ1v) is 15.6. The summed E-state index contributed by atoms with van der Waals surface area (Å²) >= 11 is 8.58. The highest BCUT2D eigenvalue weighted by Gasteiger charge is 2.40. The van der Waals surface area contributed by atoms with Crippen LogP contribution in [0, 0.1) is 3.57 Å². The first-order chi connectivity index (χ1) is 15.1.